The quantitative estimate of drug-likeness (QED) is 0.114. The summed E-state index contributed by atoms with van der Waals surface area (Å²) in [6, 6.07) is 9.20. The number of hydrogen-bond donors (Lipinski definition) is 8. The molecule has 0 saturated heterocycles. The van der Waals surface area contributed by atoms with Gasteiger partial charge in [-0.15, -0.1) is 0 Å². The van der Waals surface area contributed by atoms with Gasteiger partial charge in [0.05, 0.1) is 18.8 Å². The standard InChI is InChI=1S/C28H32N6O8/c29-20(10-16-4-2-1-3-5-16)25(38)32-21(12-18-14-30-15-31-18)26(39)33-22(13-24(36)37)27(40)34-23(28(41)42)11-17-6-8-19(35)9-7-17/h1-9,14-15,20-23,35H,10-13,29H2,(H,30,31)(H,32,38)(H,33,39)(H,34,40)(H,36,37)(H,41,42). The van der Waals surface area contributed by atoms with E-state index in [-0.39, 0.29) is 25.0 Å². The molecule has 4 unspecified atom stereocenters. The van der Waals surface area contributed by atoms with Gasteiger partial charge in [0.15, 0.2) is 0 Å². The van der Waals surface area contributed by atoms with Crippen LogP contribution in [0.5, 0.6) is 5.75 Å². The molecule has 0 aliphatic heterocycles. The lowest BCUT2D eigenvalue weighted by Gasteiger charge is -2.24. The molecule has 0 bridgehead atoms. The molecule has 0 radical (unpaired) electrons. The Labute approximate surface area is 240 Å². The van der Waals surface area contributed by atoms with Gasteiger partial charge in [0.1, 0.15) is 23.9 Å². The molecule has 0 fully saturated rings. The second-order valence-corrected chi connectivity index (χ2v) is 9.57. The topological polar surface area (TPSA) is 237 Å². The first-order valence-electron chi connectivity index (χ1n) is 12.9. The van der Waals surface area contributed by atoms with E-state index in [0.29, 0.717) is 11.3 Å². The van der Waals surface area contributed by atoms with Crippen molar-refractivity contribution in [3.05, 3.63) is 83.9 Å². The van der Waals surface area contributed by atoms with Gasteiger partial charge in [0.2, 0.25) is 17.7 Å². The van der Waals surface area contributed by atoms with Crippen molar-refractivity contribution in [2.45, 2.75) is 49.9 Å². The van der Waals surface area contributed by atoms with Gasteiger partial charge in [-0.25, -0.2) is 9.78 Å². The zero-order chi connectivity index (χ0) is 30.6. The van der Waals surface area contributed by atoms with Crippen LogP contribution in [-0.4, -0.2) is 79.1 Å². The van der Waals surface area contributed by atoms with Crippen molar-refractivity contribution in [2.24, 2.45) is 5.73 Å². The van der Waals surface area contributed by atoms with Crippen LogP contribution in [0.2, 0.25) is 0 Å². The number of carboxylic acids is 2. The predicted octanol–water partition coefficient (Wildman–Crippen LogP) is -0.516. The van der Waals surface area contributed by atoms with Gasteiger partial charge in [0.25, 0.3) is 0 Å². The van der Waals surface area contributed by atoms with Crippen molar-refractivity contribution < 1.29 is 39.3 Å². The van der Waals surface area contributed by atoms with Crippen molar-refractivity contribution in [1.29, 1.82) is 0 Å². The molecule has 14 heteroatoms. The molecule has 0 aliphatic carbocycles. The molecule has 222 valence electrons. The molecular weight excluding hydrogens is 548 g/mol. The molecular formula is C28H32N6O8. The number of aliphatic carboxylic acids is 2. The Kier molecular flexibility index (Phi) is 11.1. The SMILES string of the molecule is NC(Cc1ccccc1)C(=O)NC(Cc1cnc[nH]1)C(=O)NC(CC(=O)O)C(=O)NC(Cc1ccc(O)cc1)C(=O)O. The Morgan fingerprint density at radius 3 is 1.95 bits per heavy atom. The number of phenols is 1. The van der Waals surface area contributed by atoms with Gasteiger partial charge < -0.3 is 42.0 Å². The van der Waals surface area contributed by atoms with E-state index in [1.807, 2.05) is 6.07 Å². The number of benzene rings is 2. The Morgan fingerprint density at radius 2 is 1.36 bits per heavy atom. The molecule has 2 aromatic carbocycles. The van der Waals surface area contributed by atoms with Crippen LogP contribution in [0.25, 0.3) is 0 Å². The van der Waals surface area contributed by atoms with Gasteiger partial charge >= 0.3 is 11.9 Å². The number of nitrogens with zero attached hydrogens (tertiary/aromatic N) is 1. The van der Waals surface area contributed by atoms with Crippen LogP contribution in [0.1, 0.15) is 23.2 Å². The van der Waals surface area contributed by atoms with E-state index in [2.05, 4.69) is 25.9 Å². The minimum Gasteiger partial charge on any atom is -0.508 e. The molecule has 4 atom stereocenters. The Balaban J connectivity index is 1.73. The van der Waals surface area contributed by atoms with E-state index in [1.165, 1.54) is 36.8 Å². The molecule has 3 aromatic rings. The summed E-state index contributed by atoms with van der Waals surface area (Å²) in [6.45, 7) is 0. The fraction of sp³-hybridized carbons (Fsp3) is 0.286. The molecule has 3 amide bonds. The van der Waals surface area contributed by atoms with Crippen LogP contribution < -0.4 is 21.7 Å². The van der Waals surface area contributed by atoms with Crippen molar-refractivity contribution in [2.75, 3.05) is 0 Å². The lowest BCUT2D eigenvalue weighted by Crippen LogP contribution is -2.58. The highest BCUT2D eigenvalue weighted by Crippen LogP contribution is 2.12. The highest BCUT2D eigenvalue weighted by atomic mass is 16.4. The lowest BCUT2D eigenvalue weighted by molar-refractivity contribution is -0.143. The number of carbonyl (C=O) groups excluding carboxylic acids is 3. The first-order valence-corrected chi connectivity index (χ1v) is 12.9. The van der Waals surface area contributed by atoms with Gasteiger partial charge in [-0.2, -0.15) is 0 Å². The second kappa shape index (κ2) is 14.9. The summed E-state index contributed by atoms with van der Waals surface area (Å²) in [5.74, 6) is -5.45. The van der Waals surface area contributed by atoms with Crippen molar-refractivity contribution in [3.63, 3.8) is 0 Å². The lowest BCUT2D eigenvalue weighted by atomic mass is 10.0. The number of phenolic OH excluding ortho intramolecular Hbond substituents is 1. The number of nitrogens with one attached hydrogen (secondary N) is 4. The highest BCUT2D eigenvalue weighted by Gasteiger charge is 2.32. The summed E-state index contributed by atoms with van der Waals surface area (Å²) in [7, 11) is 0. The van der Waals surface area contributed by atoms with Gasteiger partial charge in [-0.3, -0.25) is 19.2 Å². The zero-order valence-electron chi connectivity index (χ0n) is 22.4. The number of carboxylic acid groups (broad SMARTS) is 2. The third-order valence-corrected chi connectivity index (χ3v) is 6.25. The maximum atomic E-state index is 13.3. The number of aromatic amines is 1. The van der Waals surface area contributed by atoms with Crippen molar-refractivity contribution >= 4 is 29.7 Å². The van der Waals surface area contributed by atoms with Crippen LogP contribution in [0.3, 0.4) is 0 Å². The fourth-order valence-corrected chi connectivity index (χ4v) is 4.06. The number of H-pyrrole nitrogens is 1. The number of rotatable bonds is 15. The number of carbonyl (C=O) groups is 5. The third-order valence-electron chi connectivity index (χ3n) is 6.25. The Morgan fingerprint density at radius 1 is 0.762 bits per heavy atom. The number of hydrogen-bond acceptors (Lipinski definition) is 8. The number of aromatic nitrogens is 2. The fourth-order valence-electron chi connectivity index (χ4n) is 4.06. The zero-order valence-corrected chi connectivity index (χ0v) is 22.4. The minimum absolute atomic E-state index is 0.0308. The number of imidazole rings is 1. The molecule has 9 N–H and O–H groups in total. The monoisotopic (exact) mass is 580 g/mol. The van der Waals surface area contributed by atoms with Crippen LogP contribution >= 0.6 is 0 Å². The van der Waals surface area contributed by atoms with Crippen molar-refractivity contribution in [1.82, 2.24) is 25.9 Å². The van der Waals surface area contributed by atoms with Gasteiger partial charge in [-0.05, 0) is 29.7 Å². The molecule has 14 nitrogen and oxygen atoms in total. The van der Waals surface area contributed by atoms with E-state index in [9.17, 15) is 39.3 Å². The number of nitrogens with two attached hydrogens (primary N) is 1. The summed E-state index contributed by atoms with van der Waals surface area (Å²) in [5, 5.41) is 35.6. The number of aromatic hydroxyl groups is 1. The summed E-state index contributed by atoms with van der Waals surface area (Å²) in [6.07, 6.45) is 1.86. The normalized spacial score (nSPS) is 13.6. The van der Waals surface area contributed by atoms with Crippen LogP contribution in [0.4, 0.5) is 0 Å². The van der Waals surface area contributed by atoms with E-state index in [0.717, 1.165) is 5.56 Å². The summed E-state index contributed by atoms with van der Waals surface area (Å²) < 4.78 is 0. The largest absolute Gasteiger partial charge is 0.508 e. The smallest absolute Gasteiger partial charge is 0.326 e. The summed E-state index contributed by atoms with van der Waals surface area (Å²) >= 11 is 0. The molecule has 42 heavy (non-hydrogen) atoms. The second-order valence-electron chi connectivity index (χ2n) is 9.57. The summed E-state index contributed by atoms with van der Waals surface area (Å²) in [5.41, 5.74) is 7.81. The third kappa shape index (κ3) is 9.75. The van der Waals surface area contributed by atoms with E-state index in [4.69, 9.17) is 5.73 Å². The van der Waals surface area contributed by atoms with Crippen LogP contribution in [0, 0.1) is 0 Å². The Hall–Kier alpha value is -5.24. The molecule has 3 rings (SSSR count). The average Bonchev–Trinajstić information content (AvgIpc) is 3.46. The Bertz CT molecular complexity index is 1360. The molecule has 0 saturated carbocycles. The number of amides is 3. The van der Waals surface area contributed by atoms with Crippen LogP contribution in [-0.2, 0) is 43.2 Å². The average molecular weight is 581 g/mol. The minimum atomic E-state index is -1.67. The van der Waals surface area contributed by atoms with Gasteiger partial charge in [-0.1, -0.05) is 42.5 Å². The molecule has 0 aliphatic rings. The first-order chi connectivity index (χ1) is 20.0. The van der Waals surface area contributed by atoms with E-state index >= 15 is 0 Å². The van der Waals surface area contributed by atoms with Crippen LogP contribution in [0.15, 0.2) is 67.1 Å². The molecule has 1 heterocycles. The predicted molar refractivity (Wildman–Crippen MR) is 148 cm³/mol. The van der Waals surface area contributed by atoms with E-state index in [1.54, 1.807) is 24.3 Å². The van der Waals surface area contributed by atoms with E-state index < -0.39 is 60.2 Å². The highest BCUT2D eigenvalue weighted by molar-refractivity contribution is 5.95. The van der Waals surface area contributed by atoms with Gasteiger partial charge in [0, 0.05) is 24.7 Å². The maximum Gasteiger partial charge on any atom is 0.326 e. The maximum absolute atomic E-state index is 13.3. The first kappa shape index (κ1) is 31.3. The molecule has 0 spiro atoms. The van der Waals surface area contributed by atoms with Crippen molar-refractivity contribution in [3.8, 4) is 5.75 Å². The summed E-state index contributed by atoms with van der Waals surface area (Å²) in [4.78, 5) is 69.3. The molecule has 1 aromatic heterocycles.